The van der Waals surface area contributed by atoms with E-state index in [9.17, 15) is 4.79 Å². The van der Waals surface area contributed by atoms with E-state index in [0.29, 0.717) is 0 Å². The van der Waals surface area contributed by atoms with Crippen LogP contribution in [0.1, 0.15) is 30.8 Å². The number of rotatable bonds is 5. The Balaban J connectivity index is 2.06. The number of hydrogen-bond donors (Lipinski definition) is 1. The molecule has 0 fully saturated rings. The minimum atomic E-state index is -0.166. The van der Waals surface area contributed by atoms with Crippen molar-refractivity contribution in [3.63, 3.8) is 0 Å². The molecule has 0 aliphatic heterocycles. The lowest BCUT2D eigenvalue weighted by atomic mass is 10.3. The predicted molar refractivity (Wildman–Crippen MR) is 82.9 cm³/mol. The van der Waals surface area contributed by atoms with Gasteiger partial charge in [0, 0.05) is 30.9 Å². The molecule has 0 bridgehead atoms. The van der Waals surface area contributed by atoms with Gasteiger partial charge < -0.3 is 5.32 Å². The second kappa shape index (κ2) is 6.39. The average molecular weight is 287 g/mol. The fourth-order valence-corrected chi connectivity index (χ4v) is 2.16. The van der Waals surface area contributed by atoms with Gasteiger partial charge in [0.1, 0.15) is 0 Å². The Kier molecular flexibility index (Phi) is 4.57. The van der Waals surface area contributed by atoms with Crippen LogP contribution in [0.4, 0.5) is 5.69 Å². The van der Waals surface area contributed by atoms with Gasteiger partial charge in [-0.1, -0.05) is 0 Å². The molecule has 0 aromatic carbocycles. The summed E-state index contributed by atoms with van der Waals surface area (Å²) in [5.41, 5.74) is 3.49. The van der Waals surface area contributed by atoms with Gasteiger partial charge in [-0.2, -0.15) is 10.2 Å². The van der Waals surface area contributed by atoms with E-state index in [0.717, 1.165) is 35.7 Å². The van der Waals surface area contributed by atoms with Crippen LogP contribution in [0, 0.1) is 13.8 Å². The van der Waals surface area contributed by atoms with E-state index < -0.39 is 0 Å². The van der Waals surface area contributed by atoms with Crippen molar-refractivity contribution < 1.29 is 4.79 Å². The third kappa shape index (κ3) is 3.39. The zero-order chi connectivity index (χ0) is 15.4. The molecule has 21 heavy (non-hydrogen) atoms. The highest BCUT2D eigenvalue weighted by Gasteiger charge is 2.11. The fraction of sp³-hybridized carbons (Fsp3) is 0.400. The quantitative estimate of drug-likeness (QED) is 0.859. The van der Waals surface area contributed by atoms with Crippen LogP contribution in [0.15, 0.2) is 18.5 Å². The van der Waals surface area contributed by atoms with E-state index in [4.69, 9.17) is 0 Å². The Morgan fingerprint density at radius 2 is 2.10 bits per heavy atom. The number of carbonyl (C=O) groups excluding carboxylic acids is 1. The van der Waals surface area contributed by atoms with Gasteiger partial charge in [0.15, 0.2) is 0 Å². The molecule has 1 amide bonds. The van der Waals surface area contributed by atoms with E-state index in [1.54, 1.807) is 12.3 Å². The van der Waals surface area contributed by atoms with Crippen molar-refractivity contribution in [1.82, 2.24) is 19.6 Å². The van der Waals surface area contributed by atoms with Gasteiger partial charge >= 0.3 is 0 Å². The minimum absolute atomic E-state index is 0.166. The number of aryl methyl sites for hydroxylation is 3. The number of nitrogens with zero attached hydrogens (tertiary/aromatic N) is 4. The lowest BCUT2D eigenvalue weighted by Crippen LogP contribution is -2.09. The maximum atomic E-state index is 12.0. The largest absolute Gasteiger partial charge is 0.319 e. The van der Waals surface area contributed by atoms with Gasteiger partial charge in [-0.15, -0.1) is 0 Å². The number of amides is 1. The van der Waals surface area contributed by atoms with Crippen molar-refractivity contribution >= 4 is 17.7 Å². The highest BCUT2D eigenvalue weighted by atomic mass is 16.1. The van der Waals surface area contributed by atoms with Crippen LogP contribution in [0.2, 0.25) is 0 Å². The third-order valence-corrected chi connectivity index (χ3v) is 3.33. The third-order valence-electron chi connectivity index (χ3n) is 3.33. The van der Waals surface area contributed by atoms with Crippen molar-refractivity contribution in [2.75, 3.05) is 5.32 Å². The molecule has 0 radical (unpaired) electrons. The van der Waals surface area contributed by atoms with Crippen LogP contribution >= 0.6 is 0 Å². The number of nitrogens with one attached hydrogen (secondary N) is 1. The summed E-state index contributed by atoms with van der Waals surface area (Å²) in [4.78, 5) is 12.0. The summed E-state index contributed by atoms with van der Waals surface area (Å²) < 4.78 is 3.69. The summed E-state index contributed by atoms with van der Waals surface area (Å²) >= 11 is 0. The molecule has 0 aliphatic rings. The molecular weight excluding hydrogens is 266 g/mol. The lowest BCUT2D eigenvalue weighted by Gasteiger charge is -2.03. The summed E-state index contributed by atoms with van der Waals surface area (Å²) in [7, 11) is 0. The Morgan fingerprint density at radius 3 is 2.67 bits per heavy atom. The van der Waals surface area contributed by atoms with E-state index in [2.05, 4.69) is 15.5 Å². The zero-order valence-electron chi connectivity index (χ0n) is 12.9. The molecule has 1 N–H and O–H groups in total. The highest BCUT2D eigenvalue weighted by molar-refractivity contribution is 6.02. The predicted octanol–water partition coefficient (Wildman–Crippen LogP) is 2.39. The molecule has 112 valence electrons. The molecular formula is C15H21N5O. The first-order valence-electron chi connectivity index (χ1n) is 7.10. The van der Waals surface area contributed by atoms with Gasteiger partial charge in [0.05, 0.1) is 23.3 Å². The molecule has 0 aliphatic carbocycles. The van der Waals surface area contributed by atoms with Crippen LogP contribution in [0.5, 0.6) is 0 Å². The first kappa shape index (κ1) is 15.0. The van der Waals surface area contributed by atoms with Gasteiger partial charge in [-0.25, -0.2) is 0 Å². The first-order chi connectivity index (χ1) is 10.0. The maximum absolute atomic E-state index is 12.0. The normalized spacial score (nSPS) is 11.2. The van der Waals surface area contributed by atoms with Crippen molar-refractivity contribution in [2.45, 2.75) is 40.8 Å². The van der Waals surface area contributed by atoms with Crippen molar-refractivity contribution in [1.29, 1.82) is 0 Å². The smallest absolute Gasteiger partial charge is 0.248 e. The Labute approximate surface area is 124 Å². The molecule has 2 aromatic rings. The van der Waals surface area contributed by atoms with Crippen LogP contribution in [-0.4, -0.2) is 25.5 Å². The molecule has 0 saturated carbocycles. The molecule has 6 heteroatoms. The van der Waals surface area contributed by atoms with E-state index in [1.807, 2.05) is 43.3 Å². The van der Waals surface area contributed by atoms with Crippen molar-refractivity contribution in [3.8, 4) is 0 Å². The van der Waals surface area contributed by atoms with Crippen LogP contribution in [0.3, 0.4) is 0 Å². The SMILES string of the molecule is CCn1cc(/C=C/C(=O)Nc2c(C)nn(CC)c2C)cn1. The minimum Gasteiger partial charge on any atom is -0.319 e. The molecule has 2 heterocycles. The Bertz CT molecular complexity index is 666. The van der Waals surface area contributed by atoms with Gasteiger partial charge in [0.2, 0.25) is 5.91 Å². The standard InChI is InChI=1S/C15H21N5O/c1-5-19-10-13(9-16-19)7-8-14(21)17-15-11(3)18-20(6-2)12(15)4/h7-10H,5-6H2,1-4H3,(H,17,21)/b8-7+. The molecule has 2 aromatic heterocycles. The monoisotopic (exact) mass is 287 g/mol. The summed E-state index contributed by atoms with van der Waals surface area (Å²) in [6.07, 6.45) is 6.90. The second-order valence-corrected chi connectivity index (χ2v) is 4.81. The van der Waals surface area contributed by atoms with E-state index in [-0.39, 0.29) is 5.91 Å². The van der Waals surface area contributed by atoms with Gasteiger partial charge in [0.25, 0.3) is 0 Å². The summed E-state index contributed by atoms with van der Waals surface area (Å²) in [5.74, 6) is -0.166. The number of aromatic nitrogens is 4. The molecule has 6 nitrogen and oxygen atoms in total. The molecule has 0 atom stereocenters. The van der Waals surface area contributed by atoms with Crippen LogP contribution in [-0.2, 0) is 17.9 Å². The number of carbonyl (C=O) groups is 1. The zero-order valence-corrected chi connectivity index (χ0v) is 12.9. The van der Waals surface area contributed by atoms with Crippen LogP contribution in [0.25, 0.3) is 6.08 Å². The van der Waals surface area contributed by atoms with E-state index >= 15 is 0 Å². The lowest BCUT2D eigenvalue weighted by molar-refractivity contribution is -0.111. The topological polar surface area (TPSA) is 64.7 Å². The second-order valence-electron chi connectivity index (χ2n) is 4.81. The summed E-state index contributed by atoms with van der Waals surface area (Å²) in [6, 6.07) is 0. The fourth-order valence-electron chi connectivity index (χ4n) is 2.16. The Morgan fingerprint density at radius 1 is 1.33 bits per heavy atom. The molecule has 0 unspecified atom stereocenters. The Hall–Kier alpha value is -2.37. The van der Waals surface area contributed by atoms with Crippen molar-refractivity contribution in [3.05, 3.63) is 35.4 Å². The molecule has 0 spiro atoms. The average Bonchev–Trinajstić information content (AvgIpc) is 3.04. The van der Waals surface area contributed by atoms with E-state index in [1.165, 1.54) is 6.08 Å². The van der Waals surface area contributed by atoms with Crippen molar-refractivity contribution in [2.24, 2.45) is 0 Å². The van der Waals surface area contributed by atoms with Gasteiger partial charge in [-0.05, 0) is 33.8 Å². The summed E-state index contributed by atoms with van der Waals surface area (Å²) in [6.45, 7) is 9.49. The first-order valence-corrected chi connectivity index (χ1v) is 7.10. The van der Waals surface area contributed by atoms with Crippen LogP contribution < -0.4 is 5.32 Å². The highest BCUT2D eigenvalue weighted by Crippen LogP contribution is 2.19. The molecule has 2 rings (SSSR count). The number of hydrogen-bond acceptors (Lipinski definition) is 3. The number of anilines is 1. The van der Waals surface area contributed by atoms with Gasteiger partial charge in [-0.3, -0.25) is 14.2 Å². The summed E-state index contributed by atoms with van der Waals surface area (Å²) in [5, 5.41) is 11.4. The maximum Gasteiger partial charge on any atom is 0.248 e. The molecule has 0 saturated heterocycles.